The van der Waals surface area contributed by atoms with Gasteiger partial charge in [-0.05, 0) is 64.7 Å². The molecule has 0 aromatic heterocycles. The number of amides is 1. The van der Waals surface area contributed by atoms with Crippen LogP contribution in [0.4, 0.5) is 0 Å². The van der Waals surface area contributed by atoms with Crippen LogP contribution in [0.15, 0.2) is 48.5 Å². The number of rotatable bonds is 2. The van der Waals surface area contributed by atoms with Crippen molar-refractivity contribution in [2.75, 3.05) is 0 Å². The number of benzene rings is 2. The SMILES string of the molecule is CC1(C)[C@H]2CC[C@]1(C)[C@H](NC(=O)[C@@H]1CC3c4ccccc4C1c1ccccc13)C2. The topological polar surface area (TPSA) is 29.1 Å². The van der Waals surface area contributed by atoms with Gasteiger partial charge in [0.2, 0.25) is 5.91 Å². The third-order valence-corrected chi connectivity index (χ3v) is 9.75. The highest BCUT2D eigenvalue weighted by Gasteiger charge is 2.62. The molecule has 2 aromatic carbocycles. The molecule has 29 heavy (non-hydrogen) atoms. The van der Waals surface area contributed by atoms with Gasteiger partial charge in [0.15, 0.2) is 0 Å². The molecule has 0 unspecified atom stereocenters. The van der Waals surface area contributed by atoms with E-state index in [-0.39, 0.29) is 17.3 Å². The van der Waals surface area contributed by atoms with E-state index in [0.717, 1.165) is 18.8 Å². The summed E-state index contributed by atoms with van der Waals surface area (Å²) in [4.78, 5) is 13.7. The molecule has 5 aliphatic carbocycles. The fourth-order valence-corrected chi connectivity index (χ4v) is 7.59. The third-order valence-electron chi connectivity index (χ3n) is 9.75. The summed E-state index contributed by atoms with van der Waals surface area (Å²) in [6.07, 6.45) is 4.67. The molecule has 0 aliphatic heterocycles. The average molecular weight is 386 g/mol. The number of carbonyl (C=O) groups is 1. The number of hydrogen-bond donors (Lipinski definition) is 1. The highest BCUT2D eigenvalue weighted by molar-refractivity contribution is 5.83. The molecule has 4 bridgehead atoms. The molecule has 0 spiro atoms. The Balaban J connectivity index is 1.34. The second kappa shape index (κ2) is 5.74. The molecule has 1 N–H and O–H groups in total. The van der Waals surface area contributed by atoms with Crippen LogP contribution in [-0.4, -0.2) is 11.9 Å². The van der Waals surface area contributed by atoms with Gasteiger partial charge in [-0.1, -0.05) is 69.3 Å². The molecule has 0 saturated heterocycles. The Kier molecular flexibility index (Phi) is 3.51. The van der Waals surface area contributed by atoms with Crippen molar-refractivity contribution < 1.29 is 4.79 Å². The molecule has 1 amide bonds. The summed E-state index contributed by atoms with van der Waals surface area (Å²) in [5, 5.41) is 3.58. The van der Waals surface area contributed by atoms with E-state index in [0.29, 0.717) is 23.3 Å². The summed E-state index contributed by atoms with van der Waals surface area (Å²) in [5.74, 6) is 1.65. The lowest BCUT2D eigenvalue weighted by atomic mass is 9.59. The highest BCUT2D eigenvalue weighted by Crippen LogP contribution is 2.65. The molecule has 0 radical (unpaired) electrons. The lowest BCUT2D eigenvalue weighted by molar-refractivity contribution is -0.128. The van der Waals surface area contributed by atoms with Gasteiger partial charge >= 0.3 is 0 Å². The van der Waals surface area contributed by atoms with Crippen LogP contribution >= 0.6 is 0 Å². The summed E-state index contributed by atoms with van der Waals surface area (Å²) in [6.45, 7) is 7.26. The summed E-state index contributed by atoms with van der Waals surface area (Å²) in [7, 11) is 0. The van der Waals surface area contributed by atoms with Gasteiger partial charge in [0.05, 0.1) is 0 Å². The van der Waals surface area contributed by atoms with Crippen molar-refractivity contribution in [3.63, 3.8) is 0 Å². The van der Waals surface area contributed by atoms with Crippen LogP contribution in [0.3, 0.4) is 0 Å². The number of fused-ring (bicyclic) bond motifs is 3. The normalized spacial score (nSPS) is 37.8. The predicted molar refractivity (Wildman–Crippen MR) is 116 cm³/mol. The fraction of sp³-hybridized carbons (Fsp3) is 0.519. The minimum Gasteiger partial charge on any atom is -0.353 e. The van der Waals surface area contributed by atoms with Gasteiger partial charge in [-0.15, -0.1) is 0 Å². The van der Waals surface area contributed by atoms with E-state index in [1.165, 1.54) is 35.1 Å². The molecular weight excluding hydrogens is 354 g/mol. The maximum atomic E-state index is 13.7. The first kappa shape index (κ1) is 17.7. The second-order valence-corrected chi connectivity index (χ2v) is 10.8. The lowest BCUT2D eigenvalue weighted by Gasteiger charge is -2.46. The molecule has 7 rings (SSSR count). The van der Waals surface area contributed by atoms with E-state index in [9.17, 15) is 4.79 Å². The third kappa shape index (κ3) is 2.15. The monoisotopic (exact) mass is 385 g/mol. The molecule has 0 heterocycles. The first-order valence-corrected chi connectivity index (χ1v) is 11.4. The van der Waals surface area contributed by atoms with E-state index in [2.05, 4.69) is 74.6 Å². The van der Waals surface area contributed by atoms with Crippen LogP contribution in [0, 0.1) is 22.7 Å². The van der Waals surface area contributed by atoms with Crippen LogP contribution < -0.4 is 5.32 Å². The maximum absolute atomic E-state index is 13.7. The van der Waals surface area contributed by atoms with Gasteiger partial charge in [-0.2, -0.15) is 0 Å². The van der Waals surface area contributed by atoms with Gasteiger partial charge in [-0.3, -0.25) is 4.79 Å². The van der Waals surface area contributed by atoms with E-state index in [1.807, 2.05) is 0 Å². The van der Waals surface area contributed by atoms with Crippen LogP contribution in [0.25, 0.3) is 0 Å². The van der Waals surface area contributed by atoms with E-state index >= 15 is 0 Å². The number of carbonyl (C=O) groups excluding carboxylic acids is 1. The fourth-order valence-electron chi connectivity index (χ4n) is 7.59. The number of hydrogen-bond acceptors (Lipinski definition) is 1. The Bertz CT molecular complexity index is 960. The quantitative estimate of drug-likeness (QED) is 0.715. The molecule has 150 valence electrons. The first-order chi connectivity index (χ1) is 13.9. The van der Waals surface area contributed by atoms with Crippen molar-refractivity contribution in [1.29, 1.82) is 0 Å². The summed E-state index contributed by atoms with van der Waals surface area (Å²) < 4.78 is 0. The van der Waals surface area contributed by atoms with Crippen molar-refractivity contribution in [3.8, 4) is 0 Å². The second-order valence-electron chi connectivity index (χ2n) is 10.8. The van der Waals surface area contributed by atoms with Gasteiger partial charge < -0.3 is 5.32 Å². The zero-order valence-electron chi connectivity index (χ0n) is 17.7. The largest absolute Gasteiger partial charge is 0.353 e. The van der Waals surface area contributed by atoms with Gasteiger partial charge in [0, 0.05) is 23.8 Å². The molecule has 2 fully saturated rings. The smallest absolute Gasteiger partial charge is 0.224 e. The molecular formula is C27H31NO. The molecule has 4 atom stereocenters. The summed E-state index contributed by atoms with van der Waals surface area (Å²) in [6, 6.07) is 18.0. The molecule has 2 heteroatoms. The lowest BCUT2D eigenvalue weighted by Crippen LogP contribution is -2.50. The minimum atomic E-state index is 0.0515. The summed E-state index contributed by atoms with van der Waals surface area (Å²) in [5.41, 5.74) is 6.19. The highest BCUT2D eigenvalue weighted by atomic mass is 16.2. The summed E-state index contributed by atoms with van der Waals surface area (Å²) >= 11 is 0. The minimum absolute atomic E-state index is 0.0515. The van der Waals surface area contributed by atoms with E-state index < -0.39 is 0 Å². The Morgan fingerprint density at radius 3 is 2.00 bits per heavy atom. The standard InChI is InChI=1S/C27H31NO/c1-26(2)16-12-13-27(26,3)23(14-16)28-25(29)22-15-21-17-8-4-6-10-19(17)24(22)20-11-7-5-9-18(20)21/h4-11,16,21-24H,12-15H2,1-3H3,(H,28,29)/t16-,21?,22+,23+,24?,27+/m0/s1. The first-order valence-electron chi connectivity index (χ1n) is 11.4. The van der Waals surface area contributed by atoms with Crippen LogP contribution in [0.5, 0.6) is 0 Å². The Morgan fingerprint density at radius 1 is 0.897 bits per heavy atom. The van der Waals surface area contributed by atoms with E-state index in [1.54, 1.807) is 0 Å². The zero-order valence-corrected chi connectivity index (χ0v) is 17.7. The van der Waals surface area contributed by atoms with Crippen molar-refractivity contribution in [3.05, 3.63) is 70.8 Å². The van der Waals surface area contributed by atoms with Crippen LogP contribution in [-0.2, 0) is 4.79 Å². The van der Waals surface area contributed by atoms with Gasteiger partial charge in [0.25, 0.3) is 0 Å². The van der Waals surface area contributed by atoms with Crippen LogP contribution in [0.1, 0.15) is 80.5 Å². The number of nitrogens with one attached hydrogen (secondary N) is 1. The van der Waals surface area contributed by atoms with Crippen molar-refractivity contribution in [1.82, 2.24) is 5.32 Å². The van der Waals surface area contributed by atoms with Crippen molar-refractivity contribution in [2.24, 2.45) is 22.7 Å². The predicted octanol–water partition coefficient (Wildman–Crippen LogP) is 5.61. The Hall–Kier alpha value is -2.09. The zero-order chi connectivity index (χ0) is 20.0. The Labute approximate surface area is 174 Å². The van der Waals surface area contributed by atoms with Gasteiger partial charge in [0.1, 0.15) is 0 Å². The van der Waals surface area contributed by atoms with Crippen LogP contribution in [0.2, 0.25) is 0 Å². The molecule has 5 aliphatic rings. The Morgan fingerprint density at radius 2 is 1.48 bits per heavy atom. The molecule has 2 nitrogen and oxygen atoms in total. The molecule has 2 aromatic rings. The average Bonchev–Trinajstić information content (AvgIpc) is 3.07. The van der Waals surface area contributed by atoms with Gasteiger partial charge in [-0.25, -0.2) is 0 Å². The maximum Gasteiger partial charge on any atom is 0.224 e. The van der Waals surface area contributed by atoms with E-state index in [4.69, 9.17) is 0 Å². The van der Waals surface area contributed by atoms with Crippen molar-refractivity contribution in [2.45, 2.75) is 64.3 Å². The van der Waals surface area contributed by atoms with Crippen molar-refractivity contribution >= 4 is 5.91 Å². The molecule has 2 saturated carbocycles.